The molecule has 0 atom stereocenters. The molecule has 0 aliphatic carbocycles. The molecule has 0 radical (unpaired) electrons. The fraction of sp³-hybridized carbons (Fsp3) is 0.0833. The minimum absolute atomic E-state index is 0.543. The summed E-state index contributed by atoms with van der Waals surface area (Å²) in [5.74, 6) is 2.18. The Morgan fingerprint density at radius 3 is 2.21 bits per heavy atom. The first-order valence-corrected chi connectivity index (χ1v) is 9.42. The molecule has 0 saturated carbocycles. The van der Waals surface area contributed by atoms with Crippen molar-refractivity contribution in [2.24, 2.45) is 0 Å². The van der Waals surface area contributed by atoms with Gasteiger partial charge in [-0.3, -0.25) is 0 Å². The monoisotopic (exact) mass is 382 g/mol. The SMILES string of the molecule is COc1ccc(Nc2nccc(N(Cc3ccccc3)c3ccccc3)n2)cc1. The van der Waals surface area contributed by atoms with E-state index >= 15 is 0 Å². The largest absolute Gasteiger partial charge is 0.497 e. The van der Waals surface area contributed by atoms with Crippen LogP contribution in [0.25, 0.3) is 0 Å². The Kier molecular flexibility index (Phi) is 5.67. The summed E-state index contributed by atoms with van der Waals surface area (Å²) in [6, 6.07) is 30.2. The first-order valence-electron chi connectivity index (χ1n) is 9.42. The van der Waals surface area contributed by atoms with Crippen molar-refractivity contribution < 1.29 is 4.74 Å². The number of para-hydroxylation sites is 1. The first-order chi connectivity index (χ1) is 14.3. The van der Waals surface area contributed by atoms with E-state index in [1.54, 1.807) is 13.3 Å². The van der Waals surface area contributed by atoms with Crippen molar-refractivity contribution in [2.75, 3.05) is 17.3 Å². The van der Waals surface area contributed by atoms with Gasteiger partial charge in [-0.25, -0.2) is 4.98 Å². The van der Waals surface area contributed by atoms with Crippen LogP contribution in [-0.2, 0) is 6.54 Å². The van der Waals surface area contributed by atoms with Crippen molar-refractivity contribution in [1.29, 1.82) is 0 Å². The summed E-state index contributed by atoms with van der Waals surface area (Å²) in [7, 11) is 1.65. The van der Waals surface area contributed by atoms with E-state index in [2.05, 4.69) is 51.6 Å². The van der Waals surface area contributed by atoms with Crippen LogP contribution >= 0.6 is 0 Å². The lowest BCUT2D eigenvalue weighted by molar-refractivity contribution is 0.415. The molecular formula is C24H22N4O. The topological polar surface area (TPSA) is 50.3 Å². The summed E-state index contributed by atoms with van der Waals surface area (Å²) in [5, 5.41) is 3.26. The summed E-state index contributed by atoms with van der Waals surface area (Å²) in [5.41, 5.74) is 3.18. The van der Waals surface area contributed by atoms with Crippen LogP contribution in [0.4, 0.5) is 23.1 Å². The fourth-order valence-electron chi connectivity index (χ4n) is 3.04. The van der Waals surface area contributed by atoms with E-state index in [1.165, 1.54) is 5.56 Å². The second-order valence-corrected chi connectivity index (χ2v) is 6.50. The second kappa shape index (κ2) is 8.89. The Labute approximate surface area is 170 Å². The lowest BCUT2D eigenvalue weighted by Gasteiger charge is -2.24. The number of hydrogen-bond acceptors (Lipinski definition) is 5. The Balaban J connectivity index is 1.62. The average Bonchev–Trinajstić information content (AvgIpc) is 2.79. The molecule has 144 valence electrons. The molecule has 0 amide bonds. The third-order valence-corrected chi connectivity index (χ3v) is 4.51. The summed E-state index contributed by atoms with van der Waals surface area (Å²) < 4.78 is 5.21. The third-order valence-electron chi connectivity index (χ3n) is 4.51. The van der Waals surface area contributed by atoms with Crippen LogP contribution in [-0.4, -0.2) is 17.1 Å². The van der Waals surface area contributed by atoms with Crippen molar-refractivity contribution in [3.8, 4) is 5.75 Å². The molecule has 1 aromatic heterocycles. The number of ether oxygens (including phenoxy) is 1. The molecule has 4 rings (SSSR count). The number of rotatable bonds is 7. The van der Waals surface area contributed by atoms with Crippen LogP contribution in [0.3, 0.4) is 0 Å². The molecule has 1 heterocycles. The molecule has 5 heteroatoms. The average molecular weight is 382 g/mol. The normalized spacial score (nSPS) is 10.4. The smallest absolute Gasteiger partial charge is 0.229 e. The lowest BCUT2D eigenvalue weighted by atomic mass is 10.2. The fourth-order valence-corrected chi connectivity index (χ4v) is 3.04. The summed E-state index contributed by atoms with van der Waals surface area (Å²) in [6.07, 6.45) is 1.77. The zero-order chi connectivity index (χ0) is 19.9. The molecule has 0 aliphatic rings. The molecule has 0 aliphatic heterocycles. The Morgan fingerprint density at radius 2 is 1.52 bits per heavy atom. The first kappa shape index (κ1) is 18.5. The third kappa shape index (κ3) is 4.71. The predicted octanol–water partition coefficient (Wildman–Crippen LogP) is 5.57. The zero-order valence-electron chi connectivity index (χ0n) is 16.2. The Hall–Kier alpha value is -3.86. The van der Waals surface area contributed by atoms with E-state index in [4.69, 9.17) is 9.72 Å². The molecule has 0 fully saturated rings. The molecule has 1 N–H and O–H groups in total. The number of methoxy groups -OCH3 is 1. The van der Waals surface area contributed by atoms with E-state index in [0.717, 1.165) is 22.9 Å². The van der Waals surface area contributed by atoms with Gasteiger partial charge in [0.25, 0.3) is 0 Å². The van der Waals surface area contributed by atoms with Crippen LogP contribution in [0.1, 0.15) is 5.56 Å². The van der Waals surface area contributed by atoms with Gasteiger partial charge in [-0.2, -0.15) is 4.98 Å². The van der Waals surface area contributed by atoms with Crippen LogP contribution in [0.5, 0.6) is 5.75 Å². The van der Waals surface area contributed by atoms with Crippen LogP contribution < -0.4 is 15.0 Å². The van der Waals surface area contributed by atoms with Crippen LogP contribution in [0.15, 0.2) is 97.2 Å². The highest BCUT2D eigenvalue weighted by molar-refractivity contribution is 5.62. The highest BCUT2D eigenvalue weighted by atomic mass is 16.5. The van der Waals surface area contributed by atoms with Gasteiger partial charge in [0, 0.05) is 24.1 Å². The number of benzene rings is 3. The van der Waals surface area contributed by atoms with E-state index in [1.807, 2.05) is 54.6 Å². The van der Waals surface area contributed by atoms with Crippen molar-refractivity contribution >= 4 is 23.1 Å². The summed E-state index contributed by atoms with van der Waals surface area (Å²) in [6.45, 7) is 0.712. The van der Waals surface area contributed by atoms with Gasteiger partial charge >= 0.3 is 0 Å². The lowest BCUT2D eigenvalue weighted by Crippen LogP contribution is -2.18. The highest BCUT2D eigenvalue weighted by Gasteiger charge is 2.12. The maximum atomic E-state index is 5.21. The molecule has 29 heavy (non-hydrogen) atoms. The highest BCUT2D eigenvalue weighted by Crippen LogP contribution is 2.27. The van der Waals surface area contributed by atoms with E-state index in [9.17, 15) is 0 Å². The summed E-state index contributed by atoms with van der Waals surface area (Å²) in [4.78, 5) is 11.3. The predicted molar refractivity (Wildman–Crippen MR) is 117 cm³/mol. The molecule has 0 unspecified atom stereocenters. The molecule has 4 aromatic rings. The minimum Gasteiger partial charge on any atom is -0.497 e. The van der Waals surface area contributed by atoms with Crippen LogP contribution in [0.2, 0.25) is 0 Å². The number of nitrogens with one attached hydrogen (secondary N) is 1. The van der Waals surface area contributed by atoms with Crippen molar-refractivity contribution in [2.45, 2.75) is 6.54 Å². The summed E-state index contributed by atoms with van der Waals surface area (Å²) >= 11 is 0. The standard InChI is InChI=1S/C24H22N4O/c1-29-22-14-12-20(13-15-22)26-24-25-17-16-23(27-24)28(21-10-6-3-7-11-21)18-19-8-4-2-5-9-19/h2-17H,18H2,1H3,(H,25,26,27). The van der Waals surface area contributed by atoms with Crippen molar-refractivity contribution in [3.05, 3.63) is 103 Å². The molecule has 0 spiro atoms. The van der Waals surface area contributed by atoms with Gasteiger partial charge in [-0.1, -0.05) is 48.5 Å². The van der Waals surface area contributed by atoms with Gasteiger partial charge in [-0.05, 0) is 48.0 Å². The number of hydrogen-bond donors (Lipinski definition) is 1. The van der Waals surface area contributed by atoms with Gasteiger partial charge < -0.3 is 15.0 Å². The van der Waals surface area contributed by atoms with E-state index in [0.29, 0.717) is 12.5 Å². The zero-order valence-corrected chi connectivity index (χ0v) is 16.2. The number of aromatic nitrogens is 2. The number of anilines is 4. The molecule has 3 aromatic carbocycles. The Bertz CT molecular complexity index is 1040. The van der Waals surface area contributed by atoms with Crippen molar-refractivity contribution in [3.63, 3.8) is 0 Å². The van der Waals surface area contributed by atoms with E-state index in [-0.39, 0.29) is 0 Å². The van der Waals surface area contributed by atoms with Gasteiger partial charge in [-0.15, -0.1) is 0 Å². The Morgan fingerprint density at radius 1 is 0.828 bits per heavy atom. The molecular weight excluding hydrogens is 360 g/mol. The maximum Gasteiger partial charge on any atom is 0.229 e. The molecule has 0 bridgehead atoms. The van der Waals surface area contributed by atoms with Crippen molar-refractivity contribution in [1.82, 2.24) is 9.97 Å². The number of nitrogens with zero attached hydrogens (tertiary/aromatic N) is 3. The second-order valence-electron chi connectivity index (χ2n) is 6.50. The van der Waals surface area contributed by atoms with Gasteiger partial charge in [0.1, 0.15) is 11.6 Å². The molecule has 5 nitrogen and oxygen atoms in total. The van der Waals surface area contributed by atoms with Gasteiger partial charge in [0.15, 0.2) is 0 Å². The minimum atomic E-state index is 0.543. The van der Waals surface area contributed by atoms with Crippen LogP contribution in [0, 0.1) is 0 Å². The van der Waals surface area contributed by atoms with Gasteiger partial charge in [0.2, 0.25) is 5.95 Å². The van der Waals surface area contributed by atoms with Gasteiger partial charge in [0.05, 0.1) is 7.11 Å². The molecule has 0 saturated heterocycles. The maximum absolute atomic E-state index is 5.21. The quantitative estimate of drug-likeness (QED) is 0.453. The van der Waals surface area contributed by atoms with E-state index < -0.39 is 0 Å².